The molecule has 2 bridgehead atoms. The van der Waals surface area contributed by atoms with Crippen LogP contribution in [0.25, 0.3) is 0 Å². The van der Waals surface area contributed by atoms with Crippen LogP contribution < -0.4 is 0 Å². The predicted octanol–water partition coefficient (Wildman–Crippen LogP) is 3.93. The molecule has 0 aromatic heterocycles. The molecule has 0 aromatic rings. The minimum absolute atomic E-state index is 0.759. The Morgan fingerprint density at radius 3 is 2.44 bits per heavy atom. The third-order valence-electron chi connectivity index (χ3n) is 5.07. The van der Waals surface area contributed by atoms with Crippen molar-refractivity contribution in [1.29, 1.82) is 0 Å². The lowest BCUT2D eigenvalue weighted by molar-refractivity contribution is -0.0325. The van der Waals surface area contributed by atoms with Crippen LogP contribution in [-0.2, 0) is 0 Å². The standard InChI is InChI=1S/C15H29N/c1-5-6-12(4)15-9-14-8-7-13(15)10-16(14)11(2)3/h11-15H,5-10H2,1-4H3. The van der Waals surface area contributed by atoms with E-state index in [0.29, 0.717) is 0 Å². The Bertz CT molecular complexity index is 223. The molecule has 1 saturated carbocycles. The summed E-state index contributed by atoms with van der Waals surface area (Å²) in [6.45, 7) is 10.9. The maximum atomic E-state index is 2.77. The van der Waals surface area contributed by atoms with Gasteiger partial charge in [0, 0.05) is 18.6 Å². The Hall–Kier alpha value is -0.0400. The van der Waals surface area contributed by atoms with Crippen molar-refractivity contribution in [3.05, 3.63) is 0 Å². The van der Waals surface area contributed by atoms with Gasteiger partial charge in [-0.3, -0.25) is 4.90 Å². The highest BCUT2D eigenvalue weighted by atomic mass is 15.2. The van der Waals surface area contributed by atoms with Crippen molar-refractivity contribution < 1.29 is 0 Å². The summed E-state index contributed by atoms with van der Waals surface area (Å²) in [4.78, 5) is 2.77. The fraction of sp³-hybridized carbons (Fsp3) is 1.00. The maximum Gasteiger partial charge on any atom is 0.0101 e. The van der Waals surface area contributed by atoms with Crippen LogP contribution in [0.4, 0.5) is 0 Å². The van der Waals surface area contributed by atoms with E-state index >= 15 is 0 Å². The monoisotopic (exact) mass is 223 g/mol. The van der Waals surface area contributed by atoms with Gasteiger partial charge in [0.25, 0.3) is 0 Å². The van der Waals surface area contributed by atoms with Gasteiger partial charge in [0.2, 0.25) is 0 Å². The highest BCUT2D eigenvalue weighted by molar-refractivity contribution is 4.95. The van der Waals surface area contributed by atoms with E-state index in [0.717, 1.165) is 29.8 Å². The molecule has 0 amide bonds. The molecular weight excluding hydrogens is 194 g/mol. The van der Waals surface area contributed by atoms with Crippen molar-refractivity contribution >= 4 is 0 Å². The van der Waals surface area contributed by atoms with Crippen molar-refractivity contribution in [1.82, 2.24) is 4.90 Å². The molecule has 1 nitrogen and oxygen atoms in total. The van der Waals surface area contributed by atoms with E-state index in [2.05, 4.69) is 32.6 Å². The average Bonchev–Trinajstić information content (AvgIpc) is 2.29. The van der Waals surface area contributed by atoms with Crippen LogP contribution >= 0.6 is 0 Å². The highest BCUT2D eigenvalue weighted by Gasteiger charge is 2.42. The summed E-state index contributed by atoms with van der Waals surface area (Å²) in [7, 11) is 0. The Labute approximate surface area is 102 Å². The highest BCUT2D eigenvalue weighted by Crippen LogP contribution is 2.44. The molecule has 3 rings (SSSR count). The maximum absolute atomic E-state index is 2.77. The number of hydrogen-bond acceptors (Lipinski definition) is 1. The van der Waals surface area contributed by atoms with Crippen LogP contribution in [0.2, 0.25) is 0 Å². The van der Waals surface area contributed by atoms with Gasteiger partial charge >= 0.3 is 0 Å². The first-order valence-corrected chi connectivity index (χ1v) is 7.39. The van der Waals surface area contributed by atoms with E-state index in [1.165, 1.54) is 38.6 Å². The molecule has 1 heteroatoms. The normalized spacial score (nSPS) is 36.9. The van der Waals surface area contributed by atoms with Crippen molar-refractivity contribution in [2.75, 3.05) is 6.54 Å². The van der Waals surface area contributed by atoms with Gasteiger partial charge in [0.1, 0.15) is 0 Å². The van der Waals surface area contributed by atoms with Crippen molar-refractivity contribution in [2.45, 2.75) is 71.9 Å². The Balaban J connectivity index is 1.98. The van der Waals surface area contributed by atoms with E-state index in [-0.39, 0.29) is 0 Å². The zero-order valence-electron chi connectivity index (χ0n) is 11.6. The molecule has 3 fully saturated rings. The van der Waals surface area contributed by atoms with Gasteiger partial charge < -0.3 is 0 Å². The zero-order valence-corrected chi connectivity index (χ0v) is 11.6. The molecule has 0 radical (unpaired) electrons. The largest absolute Gasteiger partial charge is 0.298 e. The second-order valence-electron chi connectivity index (χ2n) is 6.45. The van der Waals surface area contributed by atoms with Gasteiger partial charge in [-0.2, -0.15) is 0 Å². The van der Waals surface area contributed by atoms with Gasteiger partial charge in [-0.25, -0.2) is 0 Å². The lowest BCUT2D eigenvalue weighted by Gasteiger charge is -2.53. The topological polar surface area (TPSA) is 3.24 Å². The van der Waals surface area contributed by atoms with Crippen LogP contribution in [0, 0.1) is 17.8 Å². The zero-order chi connectivity index (χ0) is 11.7. The summed E-state index contributed by atoms with van der Waals surface area (Å²) in [6, 6.07) is 1.67. The first kappa shape index (κ1) is 12.4. The molecule has 1 aliphatic carbocycles. The minimum Gasteiger partial charge on any atom is -0.298 e. The summed E-state index contributed by atoms with van der Waals surface area (Å²) in [6.07, 6.45) is 7.27. The summed E-state index contributed by atoms with van der Waals surface area (Å²) in [5.74, 6) is 3.01. The third-order valence-corrected chi connectivity index (χ3v) is 5.07. The molecule has 94 valence electrons. The van der Waals surface area contributed by atoms with Gasteiger partial charge in [0.15, 0.2) is 0 Å². The average molecular weight is 223 g/mol. The number of piperidine rings is 2. The van der Waals surface area contributed by atoms with E-state index < -0.39 is 0 Å². The SMILES string of the molecule is CCCC(C)C1CC2CCC1CN2C(C)C. The Morgan fingerprint density at radius 2 is 1.94 bits per heavy atom. The third kappa shape index (κ3) is 2.30. The number of hydrogen-bond donors (Lipinski definition) is 0. The molecule has 2 aliphatic heterocycles. The second kappa shape index (κ2) is 5.08. The molecule has 0 spiro atoms. The van der Waals surface area contributed by atoms with E-state index in [9.17, 15) is 0 Å². The molecule has 2 saturated heterocycles. The number of nitrogens with zero attached hydrogens (tertiary/aromatic N) is 1. The van der Waals surface area contributed by atoms with E-state index in [1.54, 1.807) is 0 Å². The molecule has 16 heavy (non-hydrogen) atoms. The molecule has 3 aliphatic rings. The summed E-state index contributed by atoms with van der Waals surface area (Å²) in [5.41, 5.74) is 0. The second-order valence-corrected chi connectivity index (χ2v) is 6.45. The molecule has 2 heterocycles. The molecule has 0 aromatic carbocycles. The van der Waals surface area contributed by atoms with Gasteiger partial charge in [-0.15, -0.1) is 0 Å². The number of fused-ring (bicyclic) bond motifs is 3. The summed E-state index contributed by atoms with van der Waals surface area (Å²) >= 11 is 0. The van der Waals surface area contributed by atoms with Crippen LogP contribution in [0.3, 0.4) is 0 Å². The Morgan fingerprint density at radius 1 is 1.19 bits per heavy atom. The lowest BCUT2D eigenvalue weighted by Crippen LogP contribution is -2.55. The van der Waals surface area contributed by atoms with Gasteiger partial charge in [-0.05, 0) is 50.9 Å². The summed E-state index contributed by atoms with van der Waals surface area (Å²) in [5, 5.41) is 0. The first-order chi connectivity index (χ1) is 7.63. The van der Waals surface area contributed by atoms with Gasteiger partial charge in [0.05, 0.1) is 0 Å². The summed E-state index contributed by atoms with van der Waals surface area (Å²) < 4.78 is 0. The van der Waals surface area contributed by atoms with E-state index in [1.807, 2.05) is 0 Å². The first-order valence-electron chi connectivity index (χ1n) is 7.39. The fourth-order valence-electron chi connectivity index (χ4n) is 4.19. The molecular formula is C15H29N. The van der Waals surface area contributed by atoms with Crippen molar-refractivity contribution in [3.8, 4) is 0 Å². The molecule has 4 atom stereocenters. The quantitative estimate of drug-likeness (QED) is 0.698. The van der Waals surface area contributed by atoms with Crippen LogP contribution in [0.1, 0.15) is 59.8 Å². The van der Waals surface area contributed by atoms with Crippen LogP contribution in [0.15, 0.2) is 0 Å². The lowest BCUT2D eigenvalue weighted by atomic mass is 9.66. The fourth-order valence-corrected chi connectivity index (χ4v) is 4.19. The van der Waals surface area contributed by atoms with Gasteiger partial charge in [-0.1, -0.05) is 26.7 Å². The van der Waals surface area contributed by atoms with Crippen molar-refractivity contribution in [3.63, 3.8) is 0 Å². The number of rotatable bonds is 4. The Kier molecular flexibility index (Phi) is 3.94. The molecule has 4 unspecified atom stereocenters. The minimum atomic E-state index is 0.759. The molecule has 0 N–H and O–H groups in total. The smallest absolute Gasteiger partial charge is 0.0101 e. The van der Waals surface area contributed by atoms with E-state index in [4.69, 9.17) is 0 Å². The van der Waals surface area contributed by atoms with Crippen molar-refractivity contribution in [2.24, 2.45) is 17.8 Å². The predicted molar refractivity (Wildman–Crippen MR) is 70.5 cm³/mol. The van der Waals surface area contributed by atoms with Crippen LogP contribution in [-0.4, -0.2) is 23.5 Å². The van der Waals surface area contributed by atoms with Crippen LogP contribution in [0.5, 0.6) is 0 Å².